The largest absolute Gasteiger partial charge is 0.326 e. The van der Waals surface area contributed by atoms with Crippen LogP contribution in [0.2, 0.25) is 0 Å². The number of anilines is 1. The summed E-state index contributed by atoms with van der Waals surface area (Å²) in [5.74, 6) is -0.149. The highest BCUT2D eigenvalue weighted by Gasteiger charge is 2.33. The van der Waals surface area contributed by atoms with E-state index in [1.807, 2.05) is 0 Å². The minimum Gasteiger partial charge on any atom is -0.326 e. The van der Waals surface area contributed by atoms with Gasteiger partial charge >= 0.3 is 0 Å². The van der Waals surface area contributed by atoms with Gasteiger partial charge in [0.05, 0.1) is 17.1 Å². The molecule has 0 spiro atoms. The van der Waals surface area contributed by atoms with Crippen molar-refractivity contribution >= 4 is 31.6 Å². The summed E-state index contributed by atoms with van der Waals surface area (Å²) in [6.45, 7) is 2.12. The number of nitrogens with zero attached hydrogens (tertiary/aromatic N) is 2. The van der Waals surface area contributed by atoms with E-state index in [2.05, 4.69) is 5.32 Å². The number of amides is 1. The summed E-state index contributed by atoms with van der Waals surface area (Å²) in [5.41, 5.74) is 1.30. The fourth-order valence-electron chi connectivity index (χ4n) is 2.89. The van der Waals surface area contributed by atoms with Gasteiger partial charge in [0.2, 0.25) is 26.0 Å². The van der Waals surface area contributed by atoms with Crippen molar-refractivity contribution in [3.05, 3.63) is 23.8 Å². The predicted octanol–water partition coefficient (Wildman–Crippen LogP) is -0.163. The van der Waals surface area contributed by atoms with Crippen molar-refractivity contribution in [2.45, 2.75) is 18.2 Å². The third-order valence-electron chi connectivity index (χ3n) is 4.30. The maximum Gasteiger partial charge on any atom is 0.243 e. The van der Waals surface area contributed by atoms with Crippen molar-refractivity contribution in [2.75, 3.05) is 37.2 Å². The molecule has 0 aliphatic carbocycles. The smallest absolute Gasteiger partial charge is 0.243 e. The van der Waals surface area contributed by atoms with Crippen LogP contribution in [-0.2, 0) is 31.3 Å². The van der Waals surface area contributed by atoms with E-state index in [1.165, 1.54) is 20.7 Å². The van der Waals surface area contributed by atoms with E-state index >= 15 is 0 Å². The van der Waals surface area contributed by atoms with Crippen LogP contribution in [0, 0.1) is 0 Å². The number of carbonyl (C=O) groups excluding carboxylic acids is 1. The van der Waals surface area contributed by atoms with Gasteiger partial charge in [0.25, 0.3) is 0 Å². The number of rotatable bonds is 4. The number of fused-ring (bicyclic) bond motifs is 1. The first-order valence-corrected chi connectivity index (χ1v) is 10.7. The van der Waals surface area contributed by atoms with Gasteiger partial charge in [0.15, 0.2) is 0 Å². The van der Waals surface area contributed by atoms with Gasteiger partial charge in [-0.2, -0.15) is 8.61 Å². The van der Waals surface area contributed by atoms with Crippen molar-refractivity contribution < 1.29 is 21.6 Å². The molecule has 0 atom stereocenters. The first kappa shape index (κ1) is 17.3. The zero-order valence-electron chi connectivity index (χ0n) is 13.2. The lowest BCUT2D eigenvalue weighted by molar-refractivity contribution is -0.115. The Bertz CT molecular complexity index is 872. The predicted molar refractivity (Wildman–Crippen MR) is 88.6 cm³/mol. The summed E-state index contributed by atoms with van der Waals surface area (Å²) < 4.78 is 51.8. The van der Waals surface area contributed by atoms with Crippen LogP contribution in [-0.4, -0.2) is 63.3 Å². The second-order valence-corrected chi connectivity index (χ2v) is 9.94. The highest BCUT2D eigenvalue weighted by atomic mass is 32.2. The SMILES string of the molecule is CCS(=O)(=O)N1CCN(S(=O)(=O)c2ccc3c(c2)CC(=O)N3)CC1. The molecule has 1 amide bonds. The van der Waals surface area contributed by atoms with E-state index in [0.717, 1.165) is 0 Å². The number of hydrogen-bond acceptors (Lipinski definition) is 5. The first-order chi connectivity index (χ1) is 11.2. The molecule has 3 rings (SSSR count). The molecule has 2 heterocycles. The van der Waals surface area contributed by atoms with Crippen molar-refractivity contribution in [3.63, 3.8) is 0 Å². The Morgan fingerprint density at radius 1 is 1.04 bits per heavy atom. The molecule has 1 saturated heterocycles. The molecule has 1 fully saturated rings. The summed E-state index contributed by atoms with van der Waals surface area (Å²) in [6, 6.07) is 4.57. The fourth-order valence-corrected chi connectivity index (χ4v) is 5.44. The van der Waals surface area contributed by atoms with Crippen LogP contribution >= 0.6 is 0 Å². The maximum atomic E-state index is 12.7. The number of hydrogen-bond donors (Lipinski definition) is 1. The molecular weight excluding hydrogens is 354 g/mol. The highest BCUT2D eigenvalue weighted by molar-refractivity contribution is 7.89. The van der Waals surface area contributed by atoms with Crippen LogP contribution in [0.1, 0.15) is 12.5 Å². The summed E-state index contributed by atoms with van der Waals surface area (Å²) in [4.78, 5) is 11.5. The van der Waals surface area contributed by atoms with Crippen LogP contribution in [0.25, 0.3) is 0 Å². The van der Waals surface area contributed by atoms with Gasteiger partial charge in [-0.1, -0.05) is 0 Å². The Labute approximate surface area is 141 Å². The molecular formula is C14H19N3O5S2. The molecule has 0 unspecified atom stereocenters. The standard InChI is InChI=1S/C14H19N3O5S2/c1-2-23(19,20)16-5-7-17(8-6-16)24(21,22)12-3-4-13-11(9-12)10-14(18)15-13/h3-4,9H,2,5-8,10H2,1H3,(H,15,18). The second-order valence-electron chi connectivity index (χ2n) is 5.75. The van der Waals surface area contributed by atoms with Crippen LogP contribution in [0.5, 0.6) is 0 Å². The Hall–Kier alpha value is -1.49. The van der Waals surface area contributed by atoms with Crippen molar-refractivity contribution in [1.82, 2.24) is 8.61 Å². The molecule has 24 heavy (non-hydrogen) atoms. The van der Waals surface area contributed by atoms with Gasteiger partial charge in [0.1, 0.15) is 0 Å². The number of sulfonamides is 2. The minimum absolute atomic E-state index is 0.00556. The number of nitrogens with one attached hydrogen (secondary N) is 1. The van der Waals surface area contributed by atoms with E-state index in [9.17, 15) is 21.6 Å². The molecule has 1 aromatic carbocycles. The van der Waals surface area contributed by atoms with E-state index in [0.29, 0.717) is 11.3 Å². The van der Waals surface area contributed by atoms with E-state index in [1.54, 1.807) is 13.0 Å². The molecule has 2 aliphatic rings. The molecule has 0 aromatic heterocycles. The molecule has 1 aromatic rings. The third-order valence-corrected chi connectivity index (χ3v) is 8.07. The summed E-state index contributed by atoms with van der Waals surface area (Å²) in [6.07, 6.45) is 0.168. The van der Waals surface area contributed by atoms with Crippen LogP contribution < -0.4 is 5.32 Å². The number of piperazine rings is 1. The first-order valence-electron chi connectivity index (χ1n) is 7.65. The highest BCUT2D eigenvalue weighted by Crippen LogP contribution is 2.27. The van der Waals surface area contributed by atoms with E-state index < -0.39 is 20.0 Å². The summed E-state index contributed by atoms with van der Waals surface area (Å²) in [7, 11) is -7.01. The van der Waals surface area contributed by atoms with Gasteiger partial charge < -0.3 is 5.32 Å². The van der Waals surface area contributed by atoms with Crippen molar-refractivity contribution in [3.8, 4) is 0 Å². The van der Waals surface area contributed by atoms with Gasteiger partial charge in [-0.25, -0.2) is 16.8 Å². The normalized spacial score (nSPS) is 20.0. The van der Waals surface area contributed by atoms with Crippen LogP contribution in [0.3, 0.4) is 0 Å². The maximum absolute atomic E-state index is 12.7. The molecule has 0 saturated carbocycles. The van der Waals surface area contributed by atoms with Gasteiger partial charge in [-0.05, 0) is 30.7 Å². The minimum atomic E-state index is -3.70. The summed E-state index contributed by atoms with van der Waals surface area (Å²) >= 11 is 0. The van der Waals surface area contributed by atoms with Gasteiger partial charge in [-0.15, -0.1) is 0 Å². The lowest BCUT2D eigenvalue weighted by Crippen LogP contribution is -2.50. The molecule has 1 N–H and O–H groups in total. The Kier molecular flexibility index (Phi) is 4.41. The van der Waals surface area contributed by atoms with Gasteiger partial charge in [0, 0.05) is 31.9 Å². The quantitative estimate of drug-likeness (QED) is 0.790. The monoisotopic (exact) mass is 373 g/mol. The molecule has 2 aliphatic heterocycles. The molecule has 10 heteroatoms. The Morgan fingerprint density at radius 3 is 2.29 bits per heavy atom. The van der Waals surface area contributed by atoms with Gasteiger partial charge in [-0.3, -0.25) is 4.79 Å². The molecule has 8 nitrogen and oxygen atoms in total. The topological polar surface area (TPSA) is 104 Å². The molecule has 0 bridgehead atoms. The van der Waals surface area contributed by atoms with E-state index in [-0.39, 0.29) is 49.2 Å². The third kappa shape index (κ3) is 3.06. The lowest BCUT2D eigenvalue weighted by atomic mass is 10.2. The number of benzene rings is 1. The van der Waals surface area contributed by atoms with Crippen LogP contribution in [0.15, 0.2) is 23.1 Å². The zero-order chi connectivity index (χ0) is 17.5. The zero-order valence-corrected chi connectivity index (χ0v) is 14.9. The molecule has 132 valence electrons. The number of carbonyl (C=O) groups is 1. The average Bonchev–Trinajstić information content (AvgIpc) is 2.94. The Balaban J connectivity index is 1.78. The van der Waals surface area contributed by atoms with Crippen molar-refractivity contribution in [2.24, 2.45) is 0 Å². The Morgan fingerprint density at radius 2 is 1.67 bits per heavy atom. The lowest BCUT2D eigenvalue weighted by Gasteiger charge is -2.33. The molecule has 0 radical (unpaired) electrons. The summed E-state index contributed by atoms with van der Waals surface area (Å²) in [5, 5.41) is 2.66. The second kappa shape index (κ2) is 6.10. The van der Waals surface area contributed by atoms with Crippen LogP contribution in [0.4, 0.5) is 5.69 Å². The van der Waals surface area contributed by atoms with Crippen molar-refractivity contribution in [1.29, 1.82) is 0 Å². The fraction of sp³-hybridized carbons (Fsp3) is 0.500. The van der Waals surface area contributed by atoms with E-state index in [4.69, 9.17) is 0 Å². The average molecular weight is 373 g/mol.